The van der Waals surface area contributed by atoms with Gasteiger partial charge in [0.15, 0.2) is 12.0 Å². The molecule has 1 N–H and O–H groups in total. The Morgan fingerprint density at radius 1 is 1.29 bits per heavy atom. The quantitative estimate of drug-likeness (QED) is 0.375. The van der Waals surface area contributed by atoms with Crippen molar-refractivity contribution in [2.24, 2.45) is 10.3 Å². The van der Waals surface area contributed by atoms with Gasteiger partial charge in [-0.1, -0.05) is 42.4 Å². The van der Waals surface area contributed by atoms with Crippen molar-refractivity contribution in [3.05, 3.63) is 51.0 Å². The van der Waals surface area contributed by atoms with Crippen LogP contribution in [0.4, 0.5) is 13.2 Å². The van der Waals surface area contributed by atoms with Gasteiger partial charge in [-0.25, -0.2) is 4.98 Å². The van der Waals surface area contributed by atoms with Crippen molar-refractivity contribution in [2.75, 3.05) is 21.2 Å². The Hall–Kier alpha value is -2.79. The first-order valence-electron chi connectivity index (χ1n) is 9.20. The average Bonchev–Trinajstić information content (AvgIpc) is 3.22. The van der Waals surface area contributed by atoms with Gasteiger partial charge in [0.05, 0.1) is 0 Å². The van der Waals surface area contributed by atoms with Crippen LogP contribution in [0.5, 0.6) is 0 Å². The molecule has 0 atom stereocenters. The maximum atomic E-state index is 12.5. The number of carbonyl (C=O) groups excluding carboxylic acids is 1. The van der Waals surface area contributed by atoms with E-state index >= 15 is 0 Å². The summed E-state index contributed by atoms with van der Waals surface area (Å²) in [7, 11) is 5.07. The van der Waals surface area contributed by atoms with Crippen LogP contribution in [0.1, 0.15) is 41.2 Å². The monoisotopic (exact) mass is 460 g/mol. The molecule has 172 valence electrons. The van der Waals surface area contributed by atoms with Gasteiger partial charge >= 0.3 is 6.18 Å². The van der Waals surface area contributed by atoms with Crippen LogP contribution in [0.15, 0.2) is 33.9 Å². The van der Waals surface area contributed by atoms with Crippen LogP contribution in [-0.4, -0.2) is 44.4 Å². The molecule has 11 heteroatoms. The number of halogens is 3. The molecule has 0 spiro atoms. The van der Waals surface area contributed by atoms with Gasteiger partial charge in [0.2, 0.25) is 0 Å². The minimum absolute atomic E-state index is 0.00736. The molecule has 0 radical (unpaired) electrons. The number of hydrogen-bond donors (Lipinski definition) is 1. The highest BCUT2D eigenvalue weighted by Crippen LogP contribution is 2.29. The fourth-order valence-corrected chi connectivity index (χ4v) is 2.70. The van der Waals surface area contributed by atoms with Crippen LogP contribution >= 0.6 is 11.3 Å². The molecule has 2 aromatic rings. The second-order valence-electron chi connectivity index (χ2n) is 5.45. The van der Waals surface area contributed by atoms with Gasteiger partial charge < -0.3 is 15.0 Å². The first-order chi connectivity index (χ1) is 14.8. The average molecular weight is 461 g/mol. The first kappa shape index (κ1) is 28.2. The SMILES string of the molecule is CC.CNC.CO/N=C(/C=O)c1cccc(C)c1CO/N=C/c1nc(C(F)(F)F)cs1. The lowest BCUT2D eigenvalue weighted by atomic mass is 9.99. The third-order valence-corrected chi connectivity index (χ3v) is 4.03. The van der Waals surface area contributed by atoms with E-state index < -0.39 is 11.9 Å². The second kappa shape index (κ2) is 15.1. The zero-order chi connectivity index (χ0) is 23.9. The Kier molecular flexibility index (Phi) is 13.7. The minimum atomic E-state index is -4.49. The summed E-state index contributed by atoms with van der Waals surface area (Å²) < 4.78 is 37.5. The Morgan fingerprint density at radius 2 is 1.94 bits per heavy atom. The van der Waals surface area contributed by atoms with E-state index in [1.165, 1.54) is 7.11 Å². The number of aromatic nitrogens is 1. The largest absolute Gasteiger partial charge is 0.434 e. The molecule has 1 aromatic carbocycles. The van der Waals surface area contributed by atoms with E-state index in [1.807, 2.05) is 40.9 Å². The van der Waals surface area contributed by atoms with E-state index in [0.717, 1.165) is 28.5 Å². The summed E-state index contributed by atoms with van der Waals surface area (Å²) in [4.78, 5) is 24.4. The van der Waals surface area contributed by atoms with Crippen LogP contribution < -0.4 is 5.32 Å². The lowest BCUT2D eigenvalue weighted by Gasteiger charge is -2.10. The van der Waals surface area contributed by atoms with E-state index in [9.17, 15) is 18.0 Å². The van der Waals surface area contributed by atoms with Gasteiger partial charge in [-0.2, -0.15) is 13.2 Å². The van der Waals surface area contributed by atoms with Crippen molar-refractivity contribution < 1.29 is 27.6 Å². The Bertz CT molecular complexity index is 852. The number of thiazole rings is 1. The summed E-state index contributed by atoms with van der Waals surface area (Å²) >= 11 is 0.802. The molecule has 0 aliphatic heterocycles. The number of benzene rings is 1. The molecule has 0 bridgehead atoms. The summed E-state index contributed by atoms with van der Waals surface area (Å²) in [6.45, 7) is 5.81. The number of aryl methyl sites for hydroxylation is 1. The van der Waals surface area contributed by atoms with Gasteiger partial charge in [0.25, 0.3) is 0 Å². The maximum absolute atomic E-state index is 12.5. The molecule has 0 unspecified atom stereocenters. The van der Waals surface area contributed by atoms with E-state index in [1.54, 1.807) is 12.1 Å². The van der Waals surface area contributed by atoms with Crippen molar-refractivity contribution in [1.29, 1.82) is 0 Å². The van der Waals surface area contributed by atoms with Crippen LogP contribution in [0.3, 0.4) is 0 Å². The lowest BCUT2D eigenvalue weighted by Crippen LogP contribution is -2.09. The van der Waals surface area contributed by atoms with Gasteiger partial charge in [-0.3, -0.25) is 4.79 Å². The predicted molar refractivity (Wildman–Crippen MR) is 117 cm³/mol. The van der Waals surface area contributed by atoms with Crippen molar-refractivity contribution >= 4 is 29.5 Å². The number of nitrogens with zero attached hydrogens (tertiary/aromatic N) is 3. The molecule has 0 saturated carbocycles. The molecule has 1 aromatic heterocycles. The summed E-state index contributed by atoms with van der Waals surface area (Å²) in [5.74, 6) is 0. The summed E-state index contributed by atoms with van der Waals surface area (Å²) in [6, 6.07) is 5.25. The number of aldehydes is 1. The van der Waals surface area contributed by atoms with Gasteiger partial charge in [-0.15, -0.1) is 11.3 Å². The third-order valence-electron chi connectivity index (χ3n) is 3.25. The van der Waals surface area contributed by atoms with Gasteiger partial charge in [0, 0.05) is 16.5 Å². The molecular formula is C20H27F3N4O3S. The van der Waals surface area contributed by atoms with E-state index in [0.29, 0.717) is 17.4 Å². The lowest BCUT2D eigenvalue weighted by molar-refractivity contribution is -0.140. The maximum Gasteiger partial charge on any atom is 0.434 e. The minimum Gasteiger partial charge on any atom is -0.399 e. The van der Waals surface area contributed by atoms with Crippen molar-refractivity contribution in [3.8, 4) is 0 Å². The highest BCUT2D eigenvalue weighted by atomic mass is 32.1. The summed E-state index contributed by atoms with van der Waals surface area (Å²) in [6.07, 6.45) is -2.84. The van der Waals surface area contributed by atoms with E-state index in [2.05, 4.69) is 25.4 Å². The molecule has 0 fully saturated rings. The van der Waals surface area contributed by atoms with Crippen LogP contribution in [0.2, 0.25) is 0 Å². The molecule has 7 nitrogen and oxygen atoms in total. The van der Waals surface area contributed by atoms with Crippen LogP contribution in [0, 0.1) is 6.92 Å². The Morgan fingerprint density at radius 3 is 2.45 bits per heavy atom. The van der Waals surface area contributed by atoms with Crippen molar-refractivity contribution in [3.63, 3.8) is 0 Å². The number of oxime groups is 2. The van der Waals surface area contributed by atoms with E-state index in [4.69, 9.17) is 4.84 Å². The van der Waals surface area contributed by atoms with E-state index in [-0.39, 0.29) is 17.3 Å². The second-order valence-corrected chi connectivity index (χ2v) is 6.34. The Labute approximate surface area is 184 Å². The van der Waals surface area contributed by atoms with Crippen molar-refractivity contribution in [2.45, 2.75) is 33.6 Å². The predicted octanol–water partition coefficient (Wildman–Crippen LogP) is 4.43. The molecule has 31 heavy (non-hydrogen) atoms. The molecule has 1 heterocycles. The number of rotatable bonds is 7. The number of nitrogens with one attached hydrogen (secondary N) is 1. The molecule has 0 amide bonds. The Balaban J connectivity index is 0.00000165. The molecule has 0 saturated heterocycles. The topological polar surface area (TPSA) is 85.2 Å². The molecule has 2 rings (SSSR count). The third kappa shape index (κ3) is 9.71. The fraction of sp³-hybridized carbons (Fsp3) is 0.400. The number of hydrogen-bond acceptors (Lipinski definition) is 8. The zero-order valence-electron chi connectivity index (χ0n) is 18.3. The van der Waals surface area contributed by atoms with Crippen molar-refractivity contribution in [1.82, 2.24) is 10.3 Å². The van der Waals surface area contributed by atoms with Crippen LogP contribution in [-0.2, 0) is 27.3 Å². The van der Waals surface area contributed by atoms with Gasteiger partial charge in [-0.05, 0) is 26.6 Å². The zero-order valence-corrected chi connectivity index (χ0v) is 19.1. The summed E-state index contributed by atoms with van der Waals surface area (Å²) in [5, 5.41) is 11.0. The fourth-order valence-electron chi connectivity index (χ4n) is 2.03. The standard InChI is InChI=1S/C16H14F3N3O3S.C2H7N.C2H6/c1-10-4-3-5-11(13(7-23)22-24-2)12(10)8-25-20-6-15-21-14(9-26-15)16(17,18)19;1-3-2;1-2/h3-7,9H,8H2,1-2H3;3H,1-2H3;1-2H3/b20-6+,22-13-;;. The molecule has 0 aliphatic carbocycles. The van der Waals surface area contributed by atoms with Crippen LogP contribution in [0.25, 0.3) is 0 Å². The number of carbonyl (C=O) groups is 1. The highest BCUT2D eigenvalue weighted by Gasteiger charge is 2.33. The normalized spacial score (nSPS) is 11.2. The smallest absolute Gasteiger partial charge is 0.399 e. The number of alkyl halides is 3. The molecular weight excluding hydrogens is 433 g/mol. The first-order valence-corrected chi connectivity index (χ1v) is 10.1. The highest BCUT2D eigenvalue weighted by molar-refractivity contribution is 7.11. The van der Waals surface area contributed by atoms with Gasteiger partial charge in [0.1, 0.15) is 30.7 Å². The molecule has 0 aliphatic rings. The summed E-state index contributed by atoms with van der Waals surface area (Å²) in [5.41, 5.74) is 1.12.